The first-order valence-electron chi connectivity index (χ1n) is 11.2. The highest BCUT2D eigenvalue weighted by atomic mass is 16.3. The maximum Gasteiger partial charge on any atom is 0.179 e. The van der Waals surface area contributed by atoms with Gasteiger partial charge in [0.05, 0.1) is 11.4 Å². The number of carbonyl (C=O) groups is 1. The Morgan fingerprint density at radius 3 is 1.29 bits per heavy atom. The maximum atomic E-state index is 12.6. The van der Waals surface area contributed by atoms with E-state index >= 15 is 0 Å². The van der Waals surface area contributed by atoms with E-state index in [0.29, 0.717) is 5.75 Å². The molecule has 0 heterocycles. The first-order chi connectivity index (χ1) is 13.7. The number of phenols is 1. The molecule has 2 rings (SSSR count). The summed E-state index contributed by atoms with van der Waals surface area (Å²) in [6.07, 6.45) is 3.45. The van der Waals surface area contributed by atoms with Crippen molar-refractivity contribution < 1.29 is 9.90 Å². The van der Waals surface area contributed by atoms with Gasteiger partial charge in [0.15, 0.2) is 5.78 Å². The molecule has 0 saturated carbocycles. The van der Waals surface area contributed by atoms with Gasteiger partial charge in [-0.3, -0.25) is 4.79 Å². The second kappa shape index (κ2) is 7.76. The molecule has 0 bridgehead atoms. The molecule has 0 saturated heterocycles. The summed E-state index contributed by atoms with van der Waals surface area (Å²) in [6.45, 7) is 25.3. The van der Waals surface area contributed by atoms with Crippen LogP contribution in [-0.4, -0.2) is 16.6 Å². The van der Waals surface area contributed by atoms with Crippen LogP contribution in [0.2, 0.25) is 0 Å². The molecule has 0 amide bonds. The Bertz CT molecular complexity index is 905. The molecule has 1 aromatic rings. The zero-order chi connectivity index (χ0) is 24.2. The highest BCUT2D eigenvalue weighted by molar-refractivity contribution is 6.24. The van der Waals surface area contributed by atoms with Gasteiger partial charge >= 0.3 is 0 Å². The highest BCUT2D eigenvalue weighted by Crippen LogP contribution is 2.43. The summed E-state index contributed by atoms with van der Waals surface area (Å²) >= 11 is 0. The summed E-state index contributed by atoms with van der Waals surface area (Å²) in [5.74, 6) is 0.367. The third-order valence-electron chi connectivity index (χ3n) is 5.65. The summed E-state index contributed by atoms with van der Waals surface area (Å²) in [6, 6.07) is 3.99. The van der Waals surface area contributed by atoms with E-state index in [0.717, 1.165) is 33.7 Å². The molecule has 1 N–H and O–H groups in total. The van der Waals surface area contributed by atoms with Crippen LogP contribution in [-0.2, 0) is 15.6 Å². The topological polar surface area (TPSA) is 49.7 Å². The molecule has 0 fully saturated rings. The number of allylic oxidation sites excluding steroid dienone is 4. The van der Waals surface area contributed by atoms with Gasteiger partial charge < -0.3 is 5.11 Å². The zero-order valence-corrected chi connectivity index (χ0v) is 21.6. The van der Waals surface area contributed by atoms with Gasteiger partial charge in [-0.1, -0.05) is 83.1 Å². The number of hydrogen-bond acceptors (Lipinski definition) is 3. The number of nitrogens with zero attached hydrogens (tertiary/aromatic N) is 1. The van der Waals surface area contributed by atoms with Crippen molar-refractivity contribution in [1.29, 1.82) is 0 Å². The van der Waals surface area contributed by atoms with Gasteiger partial charge in [-0.15, -0.1) is 0 Å². The number of hydrogen-bond donors (Lipinski definition) is 1. The lowest BCUT2D eigenvalue weighted by molar-refractivity contribution is -0.110. The Morgan fingerprint density at radius 1 is 0.645 bits per heavy atom. The molecule has 0 radical (unpaired) electrons. The Morgan fingerprint density at radius 2 is 1.00 bits per heavy atom. The van der Waals surface area contributed by atoms with Crippen LogP contribution in [0.15, 0.2) is 40.4 Å². The SMILES string of the molecule is CC(C)(C)C1=CC(=O)C=C(C(C)(C)C)C1=Nc1cc(C(C)(C)C)c(O)c(C(C)(C)C)c1. The highest BCUT2D eigenvalue weighted by Gasteiger charge is 2.34. The lowest BCUT2D eigenvalue weighted by atomic mass is 9.72. The molecule has 3 nitrogen and oxygen atoms in total. The second-order valence-electron chi connectivity index (χ2n) is 12.9. The number of phenolic OH excluding ortho intramolecular Hbond substituents is 1. The standard InChI is InChI=1S/C28H41NO2/c1-25(2,3)19-15-18(30)16-20(26(4,5)6)23(19)29-17-13-21(27(7,8)9)24(31)22(14-17)28(10,11)12/h13-16,31H,1-12H3. The molecule has 0 aliphatic heterocycles. The lowest BCUT2D eigenvalue weighted by Crippen LogP contribution is -2.29. The van der Waals surface area contributed by atoms with Gasteiger partial charge in [-0.05, 0) is 57.1 Å². The quantitative estimate of drug-likeness (QED) is 0.473. The monoisotopic (exact) mass is 423 g/mol. The van der Waals surface area contributed by atoms with E-state index in [2.05, 4.69) is 83.1 Å². The zero-order valence-electron chi connectivity index (χ0n) is 21.6. The normalized spacial score (nSPS) is 16.3. The molecule has 170 valence electrons. The van der Waals surface area contributed by atoms with E-state index in [1.807, 2.05) is 12.1 Å². The molecular formula is C28H41NO2. The predicted molar refractivity (Wildman–Crippen MR) is 133 cm³/mol. The van der Waals surface area contributed by atoms with E-state index in [1.54, 1.807) is 12.2 Å². The number of benzene rings is 1. The average molecular weight is 424 g/mol. The van der Waals surface area contributed by atoms with E-state index in [-0.39, 0.29) is 27.4 Å². The summed E-state index contributed by atoms with van der Waals surface area (Å²) in [7, 11) is 0. The summed E-state index contributed by atoms with van der Waals surface area (Å²) in [5, 5.41) is 11.1. The first-order valence-corrected chi connectivity index (χ1v) is 11.2. The van der Waals surface area contributed by atoms with Crippen LogP contribution < -0.4 is 0 Å². The second-order valence-corrected chi connectivity index (χ2v) is 12.9. The van der Waals surface area contributed by atoms with Crippen molar-refractivity contribution in [3.8, 4) is 5.75 Å². The molecular weight excluding hydrogens is 382 g/mol. The fourth-order valence-electron chi connectivity index (χ4n) is 3.83. The van der Waals surface area contributed by atoms with Crippen LogP contribution in [0.3, 0.4) is 0 Å². The maximum absolute atomic E-state index is 12.6. The van der Waals surface area contributed by atoms with Gasteiger partial charge in [0.25, 0.3) is 0 Å². The van der Waals surface area contributed by atoms with Crippen LogP contribution in [0.1, 0.15) is 94.2 Å². The number of ketones is 1. The van der Waals surface area contributed by atoms with Crippen molar-refractivity contribution in [2.75, 3.05) is 0 Å². The summed E-state index contributed by atoms with van der Waals surface area (Å²) < 4.78 is 0. The first kappa shape index (κ1) is 25.1. The number of rotatable bonds is 1. The Labute approximate surface area is 189 Å². The lowest BCUT2D eigenvalue weighted by Gasteiger charge is -2.33. The predicted octanol–water partition coefficient (Wildman–Crippen LogP) is 7.59. The minimum Gasteiger partial charge on any atom is -0.507 e. The third-order valence-corrected chi connectivity index (χ3v) is 5.65. The minimum atomic E-state index is -0.228. The molecule has 3 heteroatoms. The minimum absolute atomic E-state index is 0.0188. The van der Waals surface area contributed by atoms with Crippen molar-refractivity contribution in [2.45, 2.75) is 93.9 Å². The van der Waals surface area contributed by atoms with Gasteiger partial charge in [0.2, 0.25) is 0 Å². The van der Waals surface area contributed by atoms with Crippen LogP contribution in [0.4, 0.5) is 5.69 Å². The number of aliphatic imine (C=N–C) groups is 1. The van der Waals surface area contributed by atoms with Crippen molar-refractivity contribution in [1.82, 2.24) is 0 Å². The van der Waals surface area contributed by atoms with Crippen molar-refractivity contribution in [3.05, 3.63) is 46.6 Å². The van der Waals surface area contributed by atoms with Crippen LogP contribution in [0, 0.1) is 10.8 Å². The fraction of sp³-hybridized carbons (Fsp3) is 0.571. The van der Waals surface area contributed by atoms with Gasteiger partial charge in [-0.25, -0.2) is 4.99 Å². The average Bonchev–Trinajstić information content (AvgIpc) is 2.53. The van der Waals surface area contributed by atoms with Gasteiger partial charge in [0.1, 0.15) is 5.75 Å². The number of aromatic hydroxyl groups is 1. The smallest absolute Gasteiger partial charge is 0.179 e. The van der Waals surface area contributed by atoms with Crippen molar-refractivity contribution >= 4 is 17.2 Å². The Kier molecular flexibility index (Phi) is 6.28. The molecule has 1 aromatic carbocycles. The molecule has 0 unspecified atom stereocenters. The van der Waals surface area contributed by atoms with E-state index < -0.39 is 0 Å². The molecule has 0 atom stereocenters. The fourth-order valence-corrected chi connectivity index (χ4v) is 3.83. The Balaban J connectivity index is 2.90. The molecule has 1 aliphatic carbocycles. The van der Waals surface area contributed by atoms with E-state index in [9.17, 15) is 9.90 Å². The van der Waals surface area contributed by atoms with Crippen LogP contribution in [0.5, 0.6) is 5.75 Å². The summed E-state index contributed by atoms with van der Waals surface area (Å²) in [4.78, 5) is 17.7. The molecule has 0 spiro atoms. The molecule has 0 aromatic heterocycles. The molecule has 1 aliphatic rings. The van der Waals surface area contributed by atoms with Gasteiger partial charge in [0, 0.05) is 11.1 Å². The number of carbonyl (C=O) groups excluding carboxylic acids is 1. The van der Waals surface area contributed by atoms with Crippen LogP contribution >= 0.6 is 0 Å². The van der Waals surface area contributed by atoms with Gasteiger partial charge in [-0.2, -0.15) is 0 Å². The summed E-state index contributed by atoms with van der Waals surface area (Å²) in [5.41, 5.74) is 4.43. The van der Waals surface area contributed by atoms with Crippen LogP contribution in [0.25, 0.3) is 0 Å². The largest absolute Gasteiger partial charge is 0.507 e. The van der Waals surface area contributed by atoms with E-state index in [1.165, 1.54) is 0 Å². The van der Waals surface area contributed by atoms with Crippen molar-refractivity contribution in [2.24, 2.45) is 15.8 Å². The molecule has 31 heavy (non-hydrogen) atoms. The van der Waals surface area contributed by atoms with E-state index in [4.69, 9.17) is 4.99 Å². The Hall–Kier alpha value is -2.16. The van der Waals surface area contributed by atoms with Crippen molar-refractivity contribution in [3.63, 3.8) is 0 Å². The third kappa shape index (κ3) is 5.56.